The number of amides is 2. The molecule has 2 saturated heterocycles. The number of rotatable bonds is 12. The Labute approximate surface area is 255 Å². The summed E-state index contributed by atoms with van der Waals surface area (Å²) in [6.07, 6.45) is 6.44. The summed E-state index contributed by atoms with van der Waals surface area (Å²) < 4.78 is 11.1. The van der Waals surface area contributed by atoms with Gasteiger partial charge < -0.3 is 19.3 Å². The van der Waals surface area contributed by atoms with Gasteiger partial charge in [0, 0.05) is 65.7 Å². The van der Waals surface area contributed by atoms with Gasteiger partial charge in [0.15, 0.2) is 0 Å². The second kappa shape index (κ2) is 26.4. The fourth-order valence-electron chi connectivity index (χ4n) is 4.49. The van der Waals surface area contributed by atoms with Gasteiger partial charge in [-0.2, -0.15) is 0 Å². The highest BCUT2D eigenvalue weighted by molar-refractivity contribution is 5.78. The average Bonchev–Trinajstić information content (AvgIpc) is 2.96. The summed E-state index contributed by atoms with van der Waals surface area (Å²) in [6.45, 7) is 28.8. The highest BCUT2D eigenvalue weighted by atomic mass is 16.5. The molecule has 2 amide bonds. The Balaban J connectivity index is 0. The molecular formula is C33H70N4O4. The molecule has 8 nitrogen and oxygen atoms in total. The van der Waals surface area contributed by atoms with Gasteiger partial charge in [0.05, 0.1) is 25.9 Å². The molecule has 0 bridgehead atoms. The van der Waals surface area contributed by atoms with Gasteiger partial charge in [-0.05, 0) is 44.7 Å². The fourth-order valence-corrected chi connectivity index (χ4v) is 4.49. The number of carbonyl (C=O) groups excluding carboxylic acids is 2. The van der Waals surface area contributed by atoms with Crippen molar-refractivity contribution < 1.29 is 19.1 Å². The standard InChI is InChI=1S/C15H30N2O2.C10H21NO.C6H13NO.C2H6/c1-5-6-8-17-10-11-19-14(12-17)7-9-16(4)15(18)13(2)3;1-10(2)4-3-5-11-6-8-12-9-7-11;1-5(2)6(8)7(3)4;1-2/h13-14H,5-12H2,1-4H3;10H,3-9H2,1-2H3;5H,1-4H3;1-2H3. The van der Waals surface area contributed by atoms with Crippen LogP contribution in [0.3, 0.4) is 0 Å². The molecule has 2 fully saturated rings. The smallest absolute Gasteiger partial charge is 0.224 e. The molecule has 2 aliphatic heterocycles. The number of morpholine rings is 2. The fraction of sp³-hybridized carbons (Fsp3) is 0.939. The Morgan fingerprint density at radius 1 is 0.805 bits per heavy atom. The Kier molecular flexibility index (Phi) is 27.0. The van der Waals surface area contributed by atoms with E-state index in [0.717, 1.165) is 64.9 Å². The maximum Gasteiger partial charge on any atom is 0.224 e. The molecule has 8 heteroatoms. The van der Waals surface area contributed by atoms with E-state index in [1.165, 1.54) is 38.8 Å². The van der Waals surface area contributed by atoms with E-state index in [2.05, 4.69) is 30.6 Å². The summed E-state index contributed by atoms with van der Waals surface area (Å²) in [4.78, 5) is 31.0. The van der Waals surface area contributed by atoms with Crippen molar-refractivity contribution in [2.45, 2.75) is 101 Å². The van der Waals surface area contributed by atoms with Gasteiger partial charge >= 0.3 is 0 Å². The van der Waals surface area contributed by atoms with Gasteiger partial charge in [-0.25, -0.2) is 0 Å². The first kappa shape index (κ1) is 41.9. The van der Waals surface area contributed by atoms with Crippen LogP contribution < -0.4 is 0 Å². The summed E-state index contributed by atoms with van der Waals surface area (Å²) in [5.41, 5.74) is 0. The minimum Gasteiger partial charge on any atom is -0.379 e. The van der Waals surface area contributed by atoms with E-state index in [-0.39, 0.29) is 29.8 Å². The summed E-state index contributed by atoms with van der Waals surface area (Å²) in [5.74, 6) is 1.47. The third-order valence-electron chi connectivity index (χ3n) is 7.00. The van der Waals surface area contributed by atoms with E-state index in [9.17, 15) is 9.59 Å². The van der Waals surface area contributed by atoms with Crippen molar-refractivity contribution in [2.75, 3.05) is 86.8 Å². The summed E-state index contributed by atoms with van der Waals surface area (Å²) in [7, 11) is 5.42. The topological polar surface area (TPSA) is 65.6 Å². The number of hydrogen-bond donors (Lipinski definition) is 0. The number of hydrogen-bond acceptors (Lipinski definition) is 6. The number of ether oxygens (including phenoxy) is 2. The lowest BCUT2D eigenvalue weighted by Gasteiger charge is -2.33. The predicted octanol–water partition coefficient (Wildman–Crippen LogP) is 5.50. The van der Waals surface area contributed by atoms with Crippen molar-refractivity contribution in [2.24, 2.45) is 17.8 Å². The van der Waals surface area contributed by atoms with Crippen LogP contribution in [0.2, 0.25) is 0 Å². The van der Waals surface area contributed by atoms with Crippen LogP contribution in [0.4, 0.5) is 0 Å². The molecule has 1 atom stereocenters. The zero-order valence-electron chi connectivity index (χ0n) is 29.3. The normalized spacial score (nSPS) is 17.6. The molecule has 2 aliphatic rings. The summed E-state index contributed by atoms with van der Waals surface area (Å²) in [5, 5.41) is 0. The van der Waals surface area contributed by atoms with Crippen LogP contribution in [0.15, 0.2) is 0 Å². The molecular weight excluding hydrogens is 516 g/mol. The molecule has 0 aromatic heterocycles. The molecule has 2 rings (SSSR count). The molecule has 2 heterocycles. The quantitative estimate of drug-likeness (QED) is 0.301. The lowest BCUT2D eigenvalue weighted by molar-refractivity contribution is -0.134. The van der Waals surface area contributed by atoms with Crippen molar-refractivity contribution >= 4 is 11.8 Å². The molecule has 0 N–H and O–H groups in total. The molecule has 246 valence electrons. The number of nitrogens with zero attached hydrogens (tertiary/aromatic N) is 4. The molecule has 0 saturated carbocycles. The highest BCUT2D eigenvalue weighted by Gasteiger charge is 2.21. The van der Waals surface area contributed by atoms with Crippen LogP contribution in [-0.4, -0.2) is 124 Å². The maximum atomic E-state index is 11.8. The Bertz CT molecular complexity index is 612. The van der Waals surface area contributed by atoms with Crippen LogP contribution in [-0.2, 0) is 19.1 Å². The van der Waals surface area contributed by atoms with E-state index in [1.807, 2.05) is 53.5 Å². The van der Waals surface area contributed by atoms with Gasteiger partial charge in [-0.1, -0.05) is 68.7 Å². The first-order valence-corrected chi connectivity index (χ1v) is 16.5. The second-order valence-corrected chi connectivity index (χ2v) is 12.2. The molecule has 0 spiro atoms. The maximum absolute atomic E-state index is 11.8. The van der Waals surface area contributed by atoms with Crippen molar-refractivity contribution in [3.05, 3.63) is 0 Å². The van der Waals surface area contributed by atoms with Crippen LogP contribution in [0.1, 0.15) is 94.4 Å². The first-order chi connectivity index (χ1) is 19.4. The lowest BCUT2D eigenvalue weighted by Crippen LogP contribution is -2.44. The number of unbranched alkanes of at least 4 members (excludes halogenated alkanes) is 1. The van der Waals surface area contributed by atoms with Crippen molar-refractivity contribution in [3.8, 4) is 0 Å². The second-order valence-electron chi connectivity index (χ2n) is 12.2. The Hall–Kier alpha value is -1.22. The minimum absolute atomic E-state index is 0.0818. The first-order valence-electron chi connectivity index (χ1n) is 16.5. The van der Waals surface area contributed by atoms with E-state index in [4.69, 9.17) is 9.47 Å². The van der Waals surface area contributed by atoms with Gasteiger partial charge in [0.2, 0.25) is 11.8 Å². The van der Waals surface area contributed by atoms with Crippen LogP contribution in [0.25, 0.3) is 0 Å². The summed E-state index contributed by atoms with van der Waals surface area (Å²) >= 11 is 0. The molecule has 0 aromatic rings. The minimum atomic E-state index is 0.0818. The average molecular weight is 587 g/mol. The van der Waals surface area contributed by atoms with Crippen molar-refractivity contribution in [1.29, 1.82) is 0 Å². The van der Waals surface area contributed by atoms with Crippen molar-refractivity contribution in [1.82, 2.24) is 19.6 Å². The molecule has 1 unspecified atom stereocenters. The van der Waals surface area contributed by atoms with Crippen LogP contribution in [0.5, 0.6) is 0 Å². The van der Waals surface area contributed by atoms with E-state index < -0.39 is 0 Å². The highest BCUT2D eigenvalue weighted by Crippen LogP contribution is 2.11. The van der Waals surface area contributed by atoms with E-state index in [0.29, 0.717) is 0 Å². The predicted molar refractivity (Wildman–Crippen MR) is 174 cm³/mol. The van der Waals surface area contributed by atoms with Gasteiger partial charge in [-0.3, -0.25) is 19.4 Å². The Morgan fingerprint density at radius 2 is 1.34 bits per heavy atom. The molecule has 0 radical (unpaired) electrons. The third kappa shape index (κ3) is 23.0. The van der Waals surface area contributed by atoms with Crippen LogP contribution in [0, 0.1) is 17.8 Å². The largest absolute Gasteiger partial charge is 0.379 e. The van der Waals surface area contributed by atoms with Crippen molar-refractivity contribution in [3.63, 3.8) is 0 Å². The van der Waals surface area contributed by atoms with E-state index in [1.54, 1.807) is 19.0 Å². The van der Waals surface area contributed by atoms with Gasteiger partial charge in [0.25, 0.3) is 0 Å². The van der Waals surface area contributed by atoms with Gasteiger partial charge in [0.1, 0.15) is 0 Å². The zero-order chi connectivity index (χ0) is 31.8. The monoisotopic (exact) mass is 587 g/mol. The van der Waals surface area contributed by atoms with Gasteiger partial charge in [-0.15, -0.1) is 0 Å². The third-order valence-corrected chi connectivity index (χ3v) is 7.00. The molecule has 0 aliphatic carbocycles. The number of carbonyl (C=O) groups is 2. The summed E-state index contributed by atoms with van der Waals surface area (Å²) in [6, 6.07) is 0. The Morgan fingerprint density at radius 3 is 1.80 bits per heavy atom. The van der Waals surface area contributed by atoms with Crippen LogP contribution >= 0.6 is 0 Å². The molecule has 0 aromatic carbocycles. The lowest BCUT2D eigenvalue weighted by atomic mass is 10.1. The van der Waals surface area contributed by atoms with E-state index >= 15 is 0 Å². The zero-order valence-corrected chi connectivity index (χ0v) is 29.3. The molecule has 41 heavy (non-hydrogen) atoms. The SMILES string of the molecule is CC.CC(C)C(=O)N(C)C.CC(C)CCCN1CCOCC1.CCCCN1CCOC(CCN(C)C(=O)C(C)C)C1.